The maximum atomic E-state index is 6.25. The molecule has 2 aliphatic carbocycles. The molecule has 0 amide bonds. The van der Waals surface area contributed by atoms with Crippen LogP contribution in [0.1, 0.15) is 94.9 Å². The van der Waals surface area contributed by atoms with E-state index in [0.717, 1.165) is 25.7 Å². The lowest BCUT2D eigenvalue weighted by molar-refractivity contribution is -0.701. The molecule has 0 N–H and O–H groups in total. The third-order valence-electron chi connectivity index (χ3n) is 7.32. The average Bonchev–Trinajstić information content (AvgIpc) is 2.40. The van der Waals surface area contributed by atoms with Crippen molar-refractivity contribution in [1.29, 1.82) is 0 Å². The van der Waals surface area contributed by atoms with Crippen molar-refractivity contribution in [2.24, 2.45) is 33.5 Å². The molecule has 0 aromatic carbocycles. The molecule has 3 fully saturated rings. The second-order valence-electron chi connectivity index (χ2n) is 12.3. The van der Waals surface area contributed by atoms with Gasteiger partial charge in [-0.1, -0.05) is 69.2 Å². The average molecular weight is 369 g/mol. The van der Waals surface area contributed by atoms with E-state index in [2.05, 4.69) is 69.2 Å². The van der Waals surface area contributed by atoms with Gasteiger partial charge >= 0.3 is 0 Å². The maximum Gasteiger partial charge on any atom is 0.241 e. The minimum Gasteiger partial charge on any atom is -0.194 e. The topological polar surface area (TPSA) is 36.9 Å². The van der Waals surface area contributed by atoms with Crippen molar-refractivity contribution in [3.63, 3.8) is 0 Å². The molecule has 26 heavy (non-hydrogen) atoms. The largest absolute Gasteiger partial charge is 0.241 e. The first-order valence-corrected chi connectivity index (χ1v) is 10.3. The quantitative estimate of drug-likeness (QED) is 0.473. The van der Waals surface area contributed by atoms with Gasteiger partial charge in [0.25, 0.3) is 0 Å². The Balaban J connectivity index is 1.89. The molecule has 3 rings (SSSR count). The minimum absolute atomic E-state index is 0.178. The molecule has 4 heteroatoms. The Kier molecular flexibility index (Phi) is 4.50. The van der Waals surface area contributed by atoms with Crippen LogP contribution < -0.4 is 0 Å². The Morgan fingerprint density at radius 3 is 1.04 bits per heavy atom. The fourth-order valence-electron chi connectivity index (χ4n) is 7.10. The highest BCUT2D eigenvalue weighted by atomic mass is 17.4. The third-order valence-corrected chi connectivity index (χ3v) is 7.32. The molecule has 2 atom stereocenters. The van der Waals surface area contributed by atoms with E-state index in [1.807, 2.05) is 0 Å². The van der Waals surface area contributed by atoms with Crippen LogP contribution in [-0.4, -0.2) is 11.6 Å². The highest BCUT2D eigenvalue weighted by molar-refractivity contribution is 5.04. The lowest BCUT2D eigenvalue weighted by Gasteiger charge is -2.62. The Labute approximate surface area is 160 Å². The normalized spacial score (nSPS) is 46.4. The number of hydrogen-bond acceptors (Lipinski definition) is 4. The van der Waals surface area contributed by atoms with Crippen molar-refractivity contribution < 1.29 is 19.6 Å². The second-order valence-corrected chi connectivity index (χ2v) is 12.3. The highest BCUT2D eigenvalue weighted by Gasteiger charge is 2.68. The molecule has 0 aromatic rings. The van der Waals surface area contributed by atoms with Crippen molar-refractivity contribution >= 4 is 0 Å². The first kappa shape index (κ1) is 20.6. The van der Waals surface area contributed by atoms with Gasteiger partial charge in [0.2, 0.25) is 11.6 Å². The van der Waals surface area contributed by atoms with E-state index in [-0.39, 0.29) is 33.5 Å². The van der Waals surface area contributed by atoms with E-state index >= 15 is 0 Å². The lowest BCUT2D eigenvalue weighted by Crippen LogP contribution is -2.69. The summed E-state index contributed by atoms with van der Waals surface area (Å²) in [5.41, 5.74) is 0.0725. The first-order valence-electron chi connectivity index (χ1n) is 10.3. The summed E-state index contributed by atoms with van der Waals surface area (Å²) in [5.74, 6) is -1.37. The van der Waals surface area contributed by atoms with Gasteiger partial charge in [-0.3, -0.25) is 0 Å². The van der Waals surface area contributed by atoms with Gasteiger partial charge in [0.1, 0.15) is 0 Å². The van der Waals surface area contributed by atoms with Crippen LogP contribution in [0.5, 0.6) is 0 Å². The van der Waals surface area contributed by atoms with Gasteiger partial charge in [0.05, 0.1) is 0 Å². The zero-order valence-corrected chi connectivity index (χ0v) is 18.6. The van der Waals surface area contributed by atoms with Gasteiger partial charge in [0.15, 0.2) is 0 Å². The molecule has 2 saturated carbocycles. The molecular formula is C22H40O4. The van der Waals surface area contributed by atoms with Crippen LogP contribution in [0, 0.1) is 33.5 Å². The van der Waals surface area contributed by atoms with Gasteiger partial charge in [0, 0.05) is 22.7 Å². The predicted octanol–water partition coefficient (Wildman–Crippen LogP) is 6.25. The van der Waals surface area contributed by atoms with Crippen LogP contribution in [0.3, 0.4) is 0 Å². The molecule has 1 saturated heterocycles. The van der Waals surface area contributed by atoms with Crippen LogP contribution in [-0.2, 0) is 19.6 Å². The van der Waals surface area contributed by atoms with E-state index in [0.29, 0.717) is 0 Å². The van der Waals surface area contributed by atoms with Crippen LogP contribution in [0.25, 0.3) is 0 Å². The summed E-state index contributed by atoms with van der Waals surface area (Å²) in [5, 5.41) is 0. The third kappa shape index (κ3) is 2.87. The van der Waals surface area contributed by atoms with Crippen LogP contribution in [0.15, 0.2) is 0 Å². The SMILES string of the molecule is CC1CC(C)(C)CC(C)(C)C12OOC1(OO2)C(C)CC(C)(C)CC1(C)C. The Bertz CT molecular complexity index is 502. The molecular weight excluding hydrogens is 328 g/mol. The maximum absolute atomic E-state index is 6.25. The molecule has 0 radical (unpaired) electrons. The van der Waals surface area contributed by atoms with Crippen molar-refractivity contribution in [2.45, 2.75) is 106 Å². The zero-order valence-electron chi connectivity index (χ0n) is 18.6. The fourth-order valence-corrected chi connectivity index (χ4v) is 7.10. The van der Waals surface area contributed by atoms with E-state index in [1.54, 1.807) is 0 Å². The van der Waals surface area contributed by atoms with Gasteiger partial charge in [-0.05, 0) is 36.5 Å². The number of hydrogen-bond donors (Lipinski definition) is 0. The van der Waals surface area contributed by atoms with Crippen molar-refractivity contribution in [3.05, 3.63) is 0 Å². The smallest absolute Gasteiger partial charge is 0.194 e. The van der Waals surface area contributed by atoms with Crippen LogP contribution in [0.4, 0.5) is 0 Å². The Morgan fingerprint density at radius 2 is 0.808 bits per heavy atom. The summed E-state index contributed by atoms with van der Waals surface area (Å²) in [6.07, 6.45) is 4.02. The summed E-state index contributed by atoms with van der Waals surface area (Å²) >= 11 is 0. The summed E-state index contributed by atoms with van der Waals surface area (Å²) in [7, 11) is 0. The molecule has 2 unspecified atom stereocenters. The number of rotatable bonds is 0. The molecule has 4 nitrogen and oxygen atoms in total. The lowest BCUT2D eigenvalue weighted by atomic mass is 9.57. The molecule has 152 valence electrons. The highest BCUT2D eigenvalue weighted by Crippen LogP contribution is 2.63. The van der Waals surface area contributed by atoms with Crippen molar-refractivity contribution in [1.82, 2.24) is 0 Å². The van der Waals surface area contributed by atoms with Gasteiger partial charge < -0.3 is 0 Å². The summed E-state index contributed by atoms with van der Waals surface area (Å²) in [4.78, 5) is 25.0. The summed E-state index contributed by atoms with van der Waals surface area (Å²) in [6, 6.07) is 0. The minimum atomic E-state index is -0.865. The zero-order chi connectivity index (χ0) is 19.8. The fraction of sp³-hybridized carbons (Fsp3) is 1.00. The molecule has 0 aromatic heterocycles. The van der Waals surface area contributed by atoms with Crippen molar-refractivity contribution in [3.8, 4) is 0 Å². The van der Waals surface area contributed by atoms with Crippen LogP contribution in [0.2, 0.25) is 0 Å². The van der Waals surface area contributed by atoms with Gasteiger partial charge in [-0.25, -0.2) is 0 Å². The summed E-state index contributed by atoms with van der Waals surface area (Å²) < 4.78 is 0. The molecule has 1 heterocycles. The standard InChI is InChI=1S/C22H40O4/c1-15-11-17(3,4)13-19(7,8)21(15)23-25-22(26-24-21)16(2)12-18(5,6)14-20(22,9)10/h15-16H,11-14H2,1-10H3. The first-order chi connectivity index (χ1) is 11.6. The van der Waals surface area contributed by atoms with Crippen LogP contribution >= 0.6 is 0 Å². The Morgan fingerprint density at radius 1 is 0.538 bits per heavy atom. The van der Waals surface area contributed by atoms with E-state index in [4.69, 9.17) is 19.6 Å². The monoisotopic (exact) mass is 368 g/mol. The summed E-state index contributed by atoms with van der Waals surface area (Å²) in [6.45, 7) is 22.5. The molecule has 1 aliphatic heterocycles. The van der Waals surface area contributed by atoms with Gasteiger partial charge in [-0.15, -0.1) is 0 Å². The Hall–Kier alpha value is -0.160. The molecule has 2 spiro atoms. The predicted molar refractivity (Wildman–Crippen MR) is 102 cm³/mol. The molecule has 0 bridgehead atoms. The van der Waals surface area contributed by atoms with E-state index < -0.39 is 11.6 Å². The van der Waals surface area contributed by atoms with Gasteiger partial charge in [-0.2, -0.15) is 19.6 Å². The van der Waals surface area contributed by atoms with Crippen molar-refractivity contribution in [2.75, 3.05) is 0 Å². The molecule has 3 aliphatic rings. The van der Waals surface area contributed by atoms with E-state index in [9.17, 15) is 0 Å². The van der Waals surface area contributed by atoms with E-state index in [1.165, 1.54) is 0 Å². The second kappa shape index (κ2) is 5.68.